The molecule has 1 aliphatic carbocycles. The molecule has 0 aromatic heterocycles. The Balaban J connectivity index is -0.00000182. The molecule has 0 saturated heterocycles. The van der Waals surface area contributed by atoms with Crippen LogP contribution in [0.2, 0.25) is 0 Å². The normalized spacial score (nSPS) is 13.9. The summed E-state index contributed by atoms with van der Waals surface area (Å²) in [5, 5.41) is 3.48. The van der Waals surface area contributed by atoms with E-state index >= 15 is 0 Å². The van der Waals surface area contributed by atoms with Gasteiger partial charge in [-0.1, -0.05) is 81.5 Å². The summed E-state index contributed by atoms with van der Waals surface area (Å²) in [6.45, 7) is 18.6. The van der Waals surface area contributed by atoms with Crippen LogP contribution in [0, 0.1) is 46.6 Å². The summed E-state index contributed by atoms with van der Waals surface area (Å²) in [5.41, 5.74) is 10.8. The van der Waals surface area contributed by atoms with E-state index in [2.05, 4.69) is 61.5 Å². The van der Waals surface area contributed by atoms with Crippen LogP contribution in [-0.2, 0) is 21.7 Å². The Labute approximate surface area is 222 Å². The molecule has 0 heterocycles. The molecule has 0 spiro atoms. The van der Waals surface area contributed by atoms with Gasteiger partial charge in [0.25, 0.3) is 0 Å². The Morgan fingerprint density at radius 2 is 1.33 bits per heavy atom. The monoisotopic (exact) mass is 520 g/mol. The molecular weight excluding hydrogens is 483 g/mol. The fraction of sp³-hybridized carbons (Fsp3) is 0.600. The van der Waals surface area contributed by atoms with Gasteiger partial charge in [0.05, 0.1) is 0 Å². The van der Waals surface area contributed by atoms with Crippen molar-refractivity contribution in [2.75, 3.05) is 0 Å². The van der Waals surface area contributed by atoms with Crippen molar-refractivity contribution in [2.24, 2.45) is 5.92 Å². The van der Waals surface area contributed by atoms with Crippen LogP contribution in [0.15, 0.2) is 16.3 Å². The molecular formula is C25H39Cl3SiTi. The molecule has 1 aromatic rings. The molecule has 1 unspecified atom stereocenters. The van der Waals surface area contributed by atoms with Gasteiger partial charge < -0.3 is 37.2 Å². The van der Waals surface area contributed by atoms with Gasteiger partial charge in [0, 0.05) is 0 Å². The third-order valence-electron chi connectivity index (χ3n) is 6.85. The first kappa shape index (κ1) is 35.1. The van der Waals surface area contributed by atoms with E-state index in [-0.39, 0.29) is 58.9 Å². The van der Waals surface area contributed by atoms with Crippen molar-refractivity contribution in [2.45, 2.75) is 93.9 Å². The fourth-order valence-electron chi connectivity index (χ4n) is 4.30. The number of allylic oxidation sites excluding steroid dienone is 4. The van der Waals surface area contributed by atoms with Crippen LogP contribution < -0.4 is 42.4 Å². The van der Waals surface area contributed by atoms with E-state index in [1.165, 1.54) is 55.2 Å². The molecule has 1 aliphatic rings. The number of rotatable bonds is 8. The van der Waals surface area contributed by atoms with Gasteiger partial charge in [0.1, 0.15) is 0 Å². The van der Waals surface area contributed by atoms with E-state index in [1.54, 1.807) is 32.7 Å². The molecule has 0 aliphatic heterocycles. The van der Waals surface area contributed by atoms with Crippen LogP contribution in [-0.4, -0.2) is 9.52 Å². The van der Waals surface area contributed by atoms with Crippen LogP contribution in [0.25, 0.3) is 0 Å². The first-order valence-corrected chi connectivity index (χ1v) is 12.1. The Kier molecular flexibility index (Phi) is 18.9. The van der Waals surface area contributed by atoms with E-state index in [4.69, 9.17) is 0 Å². The number of hydrogen-bond donors (Lipinski definition) is 0. The number of unbranched alkanes of at least 4 members (excludes halogenated alkanes) is 2. The molecule has 2 rings (SSSR count). The molecule has 0 N–H and O–H groups in total. The second-order valence-corrected chi connectivity index (χ2v) is 10.4. The van der Waals surface area contributed by atoms with E-state index in [9.17, 15) is 0 Å². The molecule has 0 saturated carbocycles. The Morgan fingerprint density at radius 1 is 0.833 bits per heavy atom. The largest absolute Gasteiger partial charge is 4.00 e. The maximum absolute atomic E-state index is 3.88. The zero-order valence-corrected chi connectivity index (χ0v) is 25.4. The van der Waals surface area contributed by atoms with Gasteiger partial charge in [0.15, 0.2) is 0 Å². The number of benzene rings is 1. The maximum Gasteiger partial charge on any atom is 4.00 e. The van der Waals surface area contributed by atoms with Crippen molar-refractivity contribution in [3.8, 4) is 0 Å². The third-order valence-corrected chi connectivity index (χ3v) is 9.32. The molecule has 30 heavy (non-hydrogen) atoms. The molecule has 0 fully saturated rings. The van der Waals surface area contributed by atoms with Gasteiger partial charge in [-0.25, -0.2) is 16.8 Å². The molecule has 0 bridgehead atoms. The van der Waals surface area contributed by atoms with Crippen molar-refractivity contribution in [3.05, 3.63) is 50.2 Å². The Morgan fingerprint density at radius 3 is 1.80 bits per heavy atom. The minimum Gasteiger partial charge on any atom is -1.00 e. The molecule has 1 atom stereocenters. The van der Waals surface area contributed by atoms with Crippen LogP contribution >= 0.6 is 0 Å². The van der Waals surface area contributed by atoms with Crippen molar-refractivity contribution in [1.82, 2.24) is 0 Å². The van der Waals surface area contributed by atoms with Crippen molar-refractivity contribution in [1.29, 1.82) is 0 Å². The van der Waals surface area contributed by atoms with E-state index in [0.717, 1.165) is 0 Å². The summed E-state index contributed by atoms with van der Waals surface area (Å²) in [5.74, 6) is 0.662. The van der Waals surface area contributed by atoms with Crippen molar-refractivity contribution < 1.29 is 58.9 Å². The quantitative estimate of drug-likeness (QED) is 0.195. The van der Waals surface area contributed by atoms with Gasteiger partial charge in [-0.3, -0.25) is 0 Å². The number of hydrogen-bond acceptors (Lipinski definition) is 0. The minimum atomic E-state index is -0.415. The van der Waals surface area contributed by atoms with Gasteiger partial charge in [-0.15, -0.1) is 0 Å². The smallest absolute Gasteiger partial charge is 1.00 e. The minimum absolute atomic E-state index is 0. The zero-order valence-electron chi connectivity index (χ0n) is 20.2. The average molecular weight is 522 g/mol. The summed E-state index contributed by atoms with van der Waals surface area (Å²) in [6, 6.07) is 0. The summed E-state index contributed by atoms with van der Waals surface area (Å²) < 4.78 is 0. The molecule has 0 nitrogen and oxygen atoms in total. The van der Waals surface area contributed by atoms with Crippen molar-refractivity contribution >= 4 is 14.7 Å². The molecule has 1 aromatic carbocycles. The predicted molar refractivity (Wildman–Crippen MR) is 120 cm³/mol. The molecule has 5 heteroatoms. The van der Waals surface area contributed by atoms with E-state index < -0.39 is 9.52 Å². The molecule has 168 valence electrons. The third kappa shape index (κ3) is 8.13. The SMILES string of the molecule is CCCCCC1=[C-]C(C(C)CC)=C([SiH2]c2c(C)c(C)c(C)c(C)c2C)C1.[Cl-].[Cl-].[Cl-].[Ti+4]. The van der Waals surface area contributed by atoms with Gasteiger partial charge in [-0.2, -0.15) is 5.57 Å². The Bertz CT molecular complexity index is 709. The topological polar surface area (TPSA) is 0 Å². The summed E-state index contributed by atoms with van der Waals surface area (Å²) in [4.78, 5) is 0. The summed E-state index contributed by atoms with van der Waals surface area (Å²) in [6.07, 6.45) is 11.6. The Hall–Kier alpha value is 0.501. The first-order chi connectivity index (χ1) is 12.3. The van der Waals surface area contributed by atoms with Crippen LogP contribution in [0.5, 0.6) is 0 Å². The standard InChI is InChI=1S/C25H39Si.3ClH.Ti/c1-9-11-12-13-22-14-23(16(3)10-2)24(15-22)26-25-20(7)18(5)17(4)19(6)21(25)8;;;;/h16H,9-13,15,26H2,1-8H3;3*1H;/q-1;;;;+4/p-3. The van der Waals surface area contributed by atoms with E-state index in [0.29, 0.717) is 5.92 Å². The second-order valence-electron chi connectivity index (χ2n) is 8.47. The van der Waals surface area contributed by atoms with Crippen LogP contribution in [0.1, 0.15) is 87.1 Å². The van der Waals surface area contributed by atoms with Gasteiger partial charge in [0.2, 0.25) is 0 Å². The van der Waals surface area contributed by atoms with Crippen LogP contribution in [0.4, 0.5) is 0 Å². The predicted octanol–water partition coefficient (Wildman–Crippen LogP) is -2.95. The maximum atomic E-state index is 3.88. The average Bonchev–Trinajstić information content (AvgIpc) is 3.04. The second kappa shape index (κ2) is 16.2. The zero-order chi connectivity index (χ0) is 19.4. The van der Waals surface area contributed by atoms with Gasteiger partial charge in [-0.05, 0) is 60.8 Å². The van der Waals surface area contributed by atoms with Crippen molar-refractivity contribution in [3.63, 3.8) is 0 Å². The van der Waals surface area contributed by atoms with Crippen LogP contribution in [0.3, 0.4) is 0 Å². The fourth-order valence-corrected chi connectivity index (χ4v) is 6.85. The van der Waals surface area contributed by atoms with E-state index in [1.807, 2.05) is 0 Å². The summed E-state index contributed by atoms with van der Waals surface area (Å²) in [7, 11) is -0.415. The first-order valence-electron chi connectivity index (χ1n) is 10.7. The number of halogens is 3. The summed E-state index contributed by atoms with van der Waals surface area (Å²) >= 11 is 0. The van der Waals surface area contributed by atoms with Gasteiger partial charge >= 0.3 is 21.7 Å². The molecule has 0 amide bonds. The molecule has 0 radical (unpaired) electrons.